The van der Waals surface area contributed by atoms with Gasteiger partial charge in [0.2, 0.25) is 5.91 Å². The van der Waals surface area contributed by atoms with Gasteiger partial charge < -0.3 is 11.1 Å². The van der Waals surface area contributed by atoms with Crippen molar-refractivity contribution in [3.63, 3.8) is 0 Å². The fraction of sp³-hybridized carbons (Fsp3) is 0.462. The topological polar surface area (TPSA) is 55.1 Å². The molecule has 1 atom stereocenters. The van der Waals surface area contributed by atoms with Crippen LogP contribution in [0.25, 0.3) is 0 Å². The minimum atomic E-state index is -0.243. The van der Waals surface area contributed by atoms with Crippen LogP contribution in [0.15, 0.2) is 18.2 Å². The number of benzene rings is 1. The zero-order chi connectivity index (χ0) is 13.5. The lowest BCUT2D eigenvalue weighted by Crippen LogP contribution is -2.26. The molecular formula is C13H19FN2OS. The van der Waals surface area contributed by atoms with Crippen molar-refractivity contribution in [3.05, 3.63) is 35.1 Å². The Bertz CT molecular complexity index is 412. The Hall–Kier alpha value is -1.07. The third-order valence-electron chi connectivity index (χ3n) is 2.56. The third-order valence-corrected chi connectivity index (χ3v) is 3.75. The van der Waals surface area contributed by atoms with Crippen molar-refractivity contribution in [2.24, 2.45) is 5.73 Å². The van der Waals surface area contributed by atoms with E-state index in [4.69, 9.17) is 5.73 Å². The van der Waals surface area contributed by atoms with Gasteiger partial charge >= 0.3 is 0 Å². The van der Waals surface area contributed by atoms with Gasteiger partial charge in [-0.05, 0) is 24.1 Å². The number of rotatable bonds is 6. The quantitative estimate of drug-likeness (QED) is 0.829. The lowest BCUT2D eigenvalue weighted by molar-refractivity contribution is -0.118. The highest BCUT2D eigenvalue weighted by atomic mass is 32.2. The molecular weight excluding hydrogens is 251 g/mol. The lowest BCUT2D eigenvalue weighted by Gasteiger charge is -2.09. The van der Waals surface area contributed by atoms with Crippen molar-refractivity contribution in [2.45, 2.75) is 25.6 Å². The SMILES string of the molecule is Cc1ccc(CNC(=O)CSC(C)CN)cc1F. The summed E-state index contributed by atoms with van der Waals surface area (Å²) in [7, 11) is 0. The van der Waals surface area contributed by atoms with Crippen molar-refractivity contribution >= 4 is 17.7 Å². The molecule has 0 heterocycles. The van der Waals surface area contributed by atoms with Gasteiger partial charge in [-0.3, -0.25) is 4.79 Å². The molecule has 1 rings (SSSR count). The van der Waals surface area contributed by atoms with Gasteiger partial charge in [-0.15, -0.1) is 11.8 Å². The van der Waals surface area contributed by atoms with Crippen molar-refractivity contribution in [3.8, 4) is 0 Å². The molecule has 1 aromatic rings. The minimum Gasteiger partial charge on any atom is -0.351 e. The summed E-state index contributed by atoms with van der Waals surface area (Å²) < 4.78 is 13.3. The third kappa shape index (κ3) is 5.06. The van der Waals surface area contributed by atoms with E-state index in [0.717, 1.165) is 5.56 Å². The average Bonchev–Trinajstić information content (AvgIpc) is 2.37. The summed E-state index contributed by atoms with van der Waals surface area (Å²) in [5, 5.41) is 3.03. The fourth-order valence-electron chi connectivity index (χ4n) is 1.28. The Balaban J connectivity index is 2.36. The molecule has 0 aliphatic carbocycles. The Morgan fingerprint density at radius 3 is 2.89 bits per heavy atom. The predicted octanol–water partition coefficient (Wildman–Crippen LogP) is 1.83. The molecule has 1 amide bonds. The van der Waals surface area contributed by atoms with E-state index in [1.807, 2.05) is 13.0 Å². The van der Waals surface area contributed by atoms with Crippen LogP contribution in [0.1, 0.15) is 18.1 Å². The van der Waals surface area contributed by atoms with Gasteiger partial charge in [-0.1, -0.05) is 19.1 Å². The van der Waals surface area contributed by atoms with Gasteiger partial charge in [-0.2, -0.15) is 0 Å². The summed E-state index contributed by atoms with van der Waals surface area (Å²) in [6, 6.07) is 4.97. The zero-order valence-electron chi connectivity index (χ0n) is 10.7. The molecule has 3 nitrogen and oxygen atoms in total. The number of amides is 1. The highest BCUT2D eigenvalue weighted by Gasteiger charge is 2.06. The van der Waals surface area contributed by atoms with Crippen LogP contribution in [-0.4, -0.2) is 23.5 Å². The molecule has 0 fully saturated rings. The van der Waals surface area contributed by atoms with Crippen LogP contribution in [-0.2, 0) is 11.3 Å². The normalized spacial score (nSPS) is 12.2. The second kappa shape index (κ2) is 7.38. The predicted molar refractivity (Wildman–Crippen MR) is 74.0 cm³/mol. The maximum absolute atomic E-state index is 13.3. The van der Waals surface area contributed by atoms with E-state index in [9.17, 15) is 9.18 Å². The first kappa shape index (κ1) is 15.0. The van der Waals surface area contributed by atoms with Gasteiger partial charge in [0.25, 0.3) is 0 Å². The number of carbonyl (C=O) groups excluding carboxylic acids is 1. The number of halogens is 1. The second-order valence-electron chi connectivity index (χ2n) is 4.22. The molecule has 0 aromatic heterocycles. The van der Waals surface area contributed by atoms with Gasteiger partial charge in [0.15, 0.2) is 0 Å². The van der Waals surface area contributed by atoms with E-state index < -0.39 is 0 Å². The van der Waals surface area contributed by atoms with E-state index in [1.165, 1.54) is 17.8 Å². The number of aryl methyl sites for hydroxylation is 1. The van der Waals surface area contributed by atoms with Gasteiger partial charge in [0.1, 0.15) is 5.82 Å². The Labute approximate surface area is 111 Å². The van der Waals surface area contributed by atoms with Crippen LogP contribution in [0.2, 0.25) is 0 Å². The molecule has 5 heteroatoms. The summed E-state index contributed by atoms with van der Waals surface area (Å²) in [5.74, 6) is 0.0846. The van der Waals surface area contributed by atoms with Crippen molar-refractivity contribution in [1.29, 1.82) is 0 Å². The highest BCUT2D eigenvalue weighted by Crippen LogP contribution is 2.10. The van der Waals surface area contributed by atoms with E-state index in [1.54, 1.807) is 13.0 Å². The summed E-state index contributed by atoms with van der Waals surface area (Å²) in [6.07, 6.45) is 0. The van der Waals surface area contributed by atoms with E-state index in [0.29, 0.717) is 24.4 Å². The van der Waals surface area contributed by atoms with Gasteiger partial charge in [0, 0.05) is 18.3 Å². The number of hydrogen-bond donors (Lipinski definition) is 2. The molecule has 0 aliphatic rings. The standard InChI is InChI=1S/C13H19FN2OS/c1-9-3-4-11(5-12(9)14)7-16-13(17)8-18-10(2)6-15/h3-5,10H,6-8,15H2,1-2H3,(H,16,17). The molecule has 1 unspecified atom stereocenters. The number of nitrogens with two attached hydrogens (primary N) is 1. The van der Waals surface area contributed by atoms with Gasteiger partial charge in [0.05, 0.1) is 5.75 Å². The molecule has 1 aromatic carbocycles. The second-order valence-corrected chi connectivity index (χ2v) is 5.64. The van der Waals surface area contributed by atoms with E-state index >= 15 is 0 Å². The average molecular weight is 270 g/mol. The minimum absolute atomic E-state index is 0.0544. The number of carbonyl (C=O) groups is 1. The number of thioether (sulfide) groups is 1. The number of hydrogen-bond acceptors (Lipinski definition) is 3. The van der Waals surface area contributed by atoms with Crippen LogP contribution in [0.5, 0.6) is 0 Å². The van der Waals surface area contributed by atoms with Crippen LogP contribution in [0.4, 0.5) is 4.39 Å². The first-order chi connectivity index (χ1) is 8.52. The molecule has 100 valence electrons. The fourth-order valence-corrected chi connectivity index (χ4v) is 1.96. The highest BCUT2D eigenvalue weighted by molar-refractivity contribution is 8.00. The lowest BCUT2D eigenvalue weighted by atomic mass is 10.1. The first-order valence-electron chi connectivity index (χ1n) is 5.86. The van der Waals surface area contributed by atoms with Crippen molar-refractivity contribution < 1.29 is 9.18 Å². The molecule has 3 N–H and O–H groups in total. The molecule has 0 aliphatic heterocycles. The first-order valence-corrected chi connectivity index (χ1v) is 6.91. The molecule has 0 spiro atoms. The molecule has 0 saturated heterocycles. The monoisotopic (exact) mass is 270 g/mol. The largest absolute Gasteiger partial charge is 0.351 e. The molecule has 0 bridgehead atoms. The Morgan fingerprint density at radius 1 is 1.56 bits per heavy atom. The Morgan fingerprint density at radius 2 is 2.28 bits per heavy atom. The summed E-state index contributed by atoms with van der Waals surface area (Å²) >= 11 is 1.51. The smallest absolute Gasteiger partial charge is 0.230 e. The molecule has 0 saturated carbocycles. The van der Waals surface area contributed by atoms with Crippen LogP contribution >= 0.6 is 11.8 Å². The summed E-state index contributed by atoms with van der Waals surface area (Å²) in [4.78, 5) is 11.5. The Kier molecular flexibility index (Phi) is 6.15. The van der Waals surface area contributed by atoms with Crippen LogP contribution < -0.4 is 11.1 Å². The maximum Gasteiger partial charge on any atom is 0.230 e. The van der Waals surface area contributed by atoms with Crippen LogP contribution in [0.3, 0.4) is 0 Å². The zero-order valence-corrected chi connectivity index (χ0v) is 11.5. The van der Waals surface area contributed by atoms with Crippen molar-refractivity contribution in [2.75, 3.05) is 12.3 Å². The molecule has 18 heavy (non-hydrogen) atoms. The molecule has 0 radical (unpaired) electrons. The number of nitrogens with one attached hydrogen (secondary N) is 1. The van der Waals surface area contributed by atoms with Crippen LogP contribution in [0, 0.1) is 12.7 Å². The van der Waals surface area contributed by atoms with E-state index in [-0.39, 0.29) is 17.0 Å². The summed E-state index contributed by atoms with van der Waals surface area (Å²) in [6.45, 7) is 4.60. The summed E-state index contributed by atoms with van der Waals surface area (Å²) in [5.41, 5.74) is 6.84. The van der Waals surface area contributed by atoms with E-state index in [2.05, 4.69) is 5.32 Å². The maximum atomic E-state index is 13.3. The van der Waals surface area contributed by atoms with Crippen molar-refractivity contribution in [1.82, 2.24) is 5.32 Å². The van der Waals surface area contributed by atoms with Gasteiger partial charge in [-0.25, -0.2) is 4.39 Å².